The van der Waals surface area contributed by atoms with Crippen LogP contribution in [0.3, 0.4) is 0 Å². The summed E-state index contributed by atoms with van der Waals surface area (Å²) >= 11 is 1.58. The minimum absolute atomic E-state index is 0.00318. The van der Waals surface area contributed by atoms with E-state index >= 15 is 0 Å². The zero-order chi connectivity index (χ0) is 23.6. The predicted octanol–water partition coefficient (Wildman–Crippen LogP) is 5.10. The molecular weight excluding hydrogens is 432 g/mol. The lowest BCUT2D eigenvalue weighted by Gasteiger charge is -2.31. The Morgan fingerprint density at radius 1 is 1.12 bits per heavy atom. The fourth-order valence-electron chi connectivity index (χ4n) is 4.36. The highest BCUT2D eigenvalue weighted by atomic mass is 32.2. The zero-order valence-electron chi connectivity index (χ0n) is 20.0. The van der Waals surface area contributed by atoms with Gasteiger partial charge in [-0.15, -0.1) is 11.8 Å². The van der Waals surface area contributed by atoms with Crippen molar-refractivity contribution < 1.29 is 14.3 Å². The smallest absolute Gasteiger partial charge is 0.243 e. The highest BCUT2D eigenvalue weighted by Gasteiger charge is 2.30. The van der Waals surface area contributed by atoms with E-state index in [4.69, 9.17) is 4.74 Å². The number of methoxy groups -OCH3 is 1. The molecule has 1 fully saturated rings. The van der Waals surface area contributed by atoms with Gasteiger partial charge in [-0.1, -0.05) is 61.7 Å². The van der Waals surface area contributed by atoms with Crippen LogP contribution >= 0.6 is 11.8 Å². The van der Waals surface area contributed by atoms with Crippen LogP contribution < -0.4 is 10.1 Å². The van der Waals surface area contributed by atoms with Gasteiger partial charge in [-0.25, -0.2) is 0 Å². The van der Waals surface area contributed by atoms with Crippen LogP contribution in [-0.4, -0.2) is 41.7 Å². The van der Waals surface area contributed by atoms with Crippen LogP contribution in [-0.2, 0) is 21.9 Å². The van der Waals surface area contributed by atoms with Gasteiger partial charge in [-0.3, -0.25) is 9.59 Å². The van der Waals surface area contributed by atoms with Gasteiger partial charge in [-0.05, 0) is 49.4 Å². The number of rotatable bonds is 11. The van der Waals surface area contributed by atoms with Gasteiger partial charge in [0.05, 0.1) is 12.9 Å². The summed E-state index contributed by atoms with van der Waals surface area (Å²) in [5.41, 5.74) is 3.35. The molecule has 1 aliphatic rings. The molecule has 0 unspecified atom stereocenters. The number of thioether (sulfide) groups is 1. The summed E-state index contributed by atoms with van der Waals surface area (Å²) in [6, 6.07) is 15.9. The zero-order valence-corrected chi connectivity index (χ0v) is 20.8. The fraction of sp³-hybridized carbons (Fsp3) is 0.481. The molecule has 1 N–H and O–H groups in total. The third-order valence-electron chi connectivity index (χ3n) is 6.18. The van der Waals surface area contributed by atoms with Crippen molar-refractivity contribution in [2.75, 3.05) is 12.9 Å². The largest absolute Gasteiger partial charge is 0.497 e. The monoisotopic (exact) mass is 468 g/mol. The maximum Gasteiger partial charge on any atom is 0.243 e. The van der Waals surface area contributed by atoms with Crippen LogP contribution in [0.25, 0.3) is 0 Å². The van der Waals surface area contributed by atoms with Crippen molar-refractivity contribution in [1.82, 2.24) is 10.2 Å². The van der Waals surface area contributed by atoms with Gasteiger partial charge in [0.1, 0.15) is 11.8 Å². The van der Waals surface area contributed by atoms with Gasteiger partial charge in [0, 0.05) is 18.3 Å². The van der Waals surface area contributed by atoms with E-state index in [0.717, 1.165) is 53.9 Å². The highest BCUT2D eigenvalue weighted by molar-refractivity contribution is 7.99. The normalized spacial score (nSPS) is 14.6. The number of nitrogens with zero attached hydrogens (tertiary/aromatic N) is 1. The molecule has 3 rings (SSSR count). The van der Waals surface area contributed by atoms with E-state index in [1.54, 1.807) is 23.8 Å². The van der Waals surface area contributed by atoms with Crippen molar-refractivity contribution in [3.05, 3.63) is 65.2 Å². The molecule has 0 aliphatic heterocycles. The van der Waals surface area contributed by atoms with Gasteiger partial charge >= 0.3 is 0 Å². The molecule has 1 saturated carbocycles. The van der Waals surface area contributed by atoms with Gasteiger partial charge in [0.25, 0.3) is 0 Å². The number of hydrogen-bond donors (Lipinski definition) is 1. The number of aryl methyl sites for hydroxylation is 1. The Balaban J connectivity index is 1.68. The Morgan fingerprint density at radius 2 is 1.85 bits per heavy atom. The first-order valence-corrected chi connectivity index (χ1v) is 13.0. The van der Waals surface area contributed by atoms with E-state index in [-0.39, 0.29) is 17.9 Å². The Kier molecular flexibility index (Phi) is 9.67. The second kappa shape index (κ2) is 12.7. The lowest BCUT2D eigenvalue weighted by Crippen LogP contribution is -2.51. The number of hydrogen-bond acceptors (Lipinski definition) is 4. The van der Waals surface area contributed by atoms with Crippen molar-refractivity contribution in [1.29, 1.82) is 0 Å². The quantitative estimate of drug-likeness (QED) is 0.498. The summed E-state index contributed by atoms with van der Waals surface area (Å²) in [7, 11) is 1.65. The summed E-state index contributed by atoms with van der Waals surface area (Å²) in [6.07, 6.45) is 4.99. The summed E-state index contributed by atoms with van der Waals surface area (Å²) < 4.78 is 5.21. The van der Waals surface area contributed by atoms with Crippen molar-refractivity contribution in [2.45, 2.75) is 70.3 Å². The number of carbonyl (C=O) groups excluding carboxylic acids is 2. The third-order valence-corrected chi connectivity index (χ3v) is 7.16. The Morgan fingerprint density at radius 3 is 2.48 bits per heavy atom. The van der Waals surface area contributed by atoms with Crippen molar-refractivity contribution >= 4 is 23.6 Å². The number of nitrogens with one attached hydrogen (secondary N) is 1. The molecule has 0 saturated heterocycles. The van der Waals surface area contributed by atoms with E-state index in [1.165, 1.54) is 0 Å². The predicted molar refractivity (Wildman–Crippen MR) is 135 cm³/mol. The molecule has 6 heteroatoms. The van der Waals surface area contributed by atoms with Crippen molar-refractivity contribution in [2.24, 2.45) is 0 Å². The first-order valence-electron chi connectivity index (χ1n) is 11.9. The topological polar surface area (TPSA) is 58.6 Å². The second-order valence-corrected chi connectivity index (χ2v) is 9.75. The molecule has 1 aliphatic carbocycles. The molecule has 0 radical (unpaired) electrons. The Hall–Kier alpha value is -2.47. The maximum absolute atomic E-state index is 13.4. The van der Waals surface area contributed by atoms with E-state index in [1.807, 2.05) is 56.3 Å². The molecule has 0 bridgehead atoms. The SMILES string of the molecule is CC[C@@H](C(=O)NC1CCCC1)N(Cc1cccc(C)c1)C(=O)CSCc1ccc(OC)cc1. The van der Waals surface area contributed by atoms with E-state index in [9.17, 15) is 9.59 Å². The second-order valence-electron chi connectivity index (χ2n) is 8.77. The van der Waals surface area contributed by atoms with Crippen LogP contribution in [0.5, 0.6) is 5.75 Å². The summed E-state index contributed by atoms with van der Waals surface area (Å²) in [5.74, 6) is 1.88. The average molecular weight is 469 g/mol. The minimum atomic E-state index is -0.458. The number of benzene rings is 2. The molecule has 2 aromatic rings. The molecule has 5 nitrogen and oxygen atoms in total. The first kappa shape index (κ1) is 25.2. The van der Waals surface area contributed by atoms with Crippen LogP contribution in [0.1, 0.15) is 55.7 Å². The molecule has 0 heterocycles. The van der Waals surface area contributed by atoms with Crippen LogP contribution in [0.2, 0.25) is 0 Å². The fourth-order valence-corrected chi connectivity index (χ4v) is 5.23. The van der Waals surface area contributed by atoms with Gasteiger partial charge in [-0.2, -0.15) is 0 Å². The van der Waals surface area contributed by atoms with E-state index in [0.29, 0.717) is 18.7 Å². The van der Waals surface area contributed by atoms with Crippen molar-refractivity contribution in [3.8, 4) is 5.75 Å². The maximum atomic E-state index is 13.4. The van der Waals surface area contributed by atoms with Gasteiger partial charge < -0.3 is 15.0 Å². The Bertz CT molecular complexity index is 910. The molecular formula is C27H36N2O3S. The summed E-state index contributed by atoms with van der Waals surface area (Å²) in [5, 5.41) is 3.20. The first-order chi connectivity index (χ1) is 16.0. The average Bonchev–Trinajstić information content (AvgIpc) is 3.32. The molecule has 33 heavy (non-hydrogen) atoms. The molecule has 0 aromatic heterocycles. The van der Waals surface area contributed by atoms with Crippen LogP contribution in [0, 0.1) is 6.92 Å². The Labute approximate surface area is 202 Å². The van der Waals surface area contributed by atoms with E-state index in [2.05, 4.69) is 11.4 Å². The summed E-state index contributed by atoms with van der Waals surface area (Å²) in [4.78, 5) is 28.3. The van der Waals surface area contributed by atoms with E-state index < -0.39 is 6.04 Å². The number of carbonyl (C=O) groups is 2. The molecule has 178 valence electrons. The molecule has 2 aromatic carbocycles. The van der Waals surface area contributed by atoms with Gasteiger partial charge in [0.15, 0.2) is 0 Å². The van der Waals surface area contributed by atoms with Crippen molar-refractivity contribution in [3.63, 3.8) is 0 Å². The highest BCUT2D eigenvalue weighted by Crippen LogP contribution is 2.21. The molecule has 0 spiro atoms. The molecule has 2 amide bonds. The van der Waals surface area contributed by atoms with Crippen LogP contribution in [0.4, 0.5) is 0 Å². The van der Waals surface area contributed by atoms with Gasteiger partial charge in [0.2, 0.25) is 11.8 Å². The lowest BCUT2D eigenvalue weighted by atomic mass is 10.1. The molecule has 1 atom stereocenters. The van der Waals surface area contributed by atoms with Crippen LogP contribution in [0.15, 0.2) is 48.5 Å². The minimum Gasteiger partial charge on any atom is -0.497 e. The third kappa shape index (κ3) is 7.53. The number of ether oxygens (including phenoxy) is 1. The standard InChI is InChI=1S/C27H36N2O3S/c1-4-25(27(31)28-23-10-5-6-11-23)29(17-22-9-7-8-20(2)16-22)26(30)19-33-18-21-12-14-24(32-3)15-13-21/h7-9,12-16,23,25H,4-6,10-11,17-19H2,1-3H3,(H,28,31)/t25-/m0/s1. The summed E-state index contributed by atoms with van der Waals surface area (Å²) in [6.45, 7) is 4.48. The number of amides is 2. The lowest BCUT2D eigenvalue weighted by molar-refractivity contribution is -0.139.